The molecule has 0 saturated carbocycles. The second-order valence-corrected chi connectivity index (χ2v) is 8.72. The maximum atomic E-state index is 13.0. The van der Waals surface area contributed by atoms with Crippen LogP contribution in [0.1, 0.15) is 35.7 Å². The van der Waals surface area contributed by atoms with Crippen LogP contribution in [0, 0.1) is 5.92 Å². The Morgan fingerprint density at radius 2 is 1.86 bits per heavy atom. The highest BCUT2D eigenvalue weighted by Gasteiger charge is 2.26. The monoisotopic (exact) mass is 394 g/mol. The maximum Gasteiger partial charge on any atom is 0.254 e. The third-order valence-electron chi connectivity index (χ3n) is 5.60. The summed E-state index contributed by atoms with van der Waals surface area (Å²) in [5.74, 6) is 1.08. The van der Waals surface area contributed by atoms with E-state index in [9.17, 15) is 9.59 Å². The minimum Gasteiger partial charge on any atom is -0.338 e. The van der Waals surface area contributed by atoms with Crippen LogP contribution >= 0.6 is 11.8 Å². The largest absolute Gasteiger partial charge is 0.338 e. The number of nitrogens with zero attached hydrogens (tertiary/aromatic N) is 2. The molecule has 4 nitrogen and oxygen atoms in total. The molecule has 0 N–H and O–H groups in total. The Labute approximate surface area is 170 Å². The van der Waals surface area contributed by atoms with Crippen LogP contribution in [0.15, 0.2) is 53.4 Å². The predicted octanol–water partition coefficient (Wildman–Crippen LogP) is 4.24. The number of hydrogen-bond donors (Lipinski definition) is 0. The summed E-state index contributed by atoms with van der Waals surface area (Å²) in [6.07, 6.45) is 3.16. The minimum atomic E-state index is 0.0913. The number of rotatable bonds is 4. The van der Waals surface area contributed by atoms with Gasteiger partial charge in [-0.3, -0.25) is 9.59 Å². The molecule has 146 valence electrons. The summed E-state index contributed by atoms with van der Waals surface area (Å²) in [6.45, 7) is 4.59. The summed E-state index contributed by atoms with van der Waals surface area (Å²) in [5, 5.41) is 0. The van der Waals surface area contributed by atoms with E-state index in [2.05, 4.69) is 13.0 Å². The number of carbonyl (C=O) groups is 2. The van der Waals surface area contributed by atoms with Crippen LogP contribution in [-0.4, -0.2) is 42.1 Å². The highest BCUT2D eigenvalue weighted by atomic mass is 32.2. The SMILES string of the molecule is CC1CCCN(C(=O)c2ccccc2SCC(=O)N2CCc3ccccc32)C1. The van der Waals surface area contributed by atoms with E-state index in [-0.39, 0.29) is 11.8 Å². The number of fused-ring (bicyclic) bond motifs is 1. The quantitative estimate of drug-likeness (QED) is 0.729. The number of piperidine rings is 1. The van der Waals surface area contributed by atoms with E-state index >= 15 is 0 Å². The summed E-state index contributed by atoms with van der Waals surface area (Å²) < 4.78 is 0. The Morgan fingerprint density at radius 1 is 1.07 bits per heavy atom. The van der Waals surface area contributed by atoms with Gasteiger partial charge in [-0.1, -0.05) is 37.3 Å². The molecule has 4 rings (SSSR count). The molecule has 28 heavy (non-hydrogen) atoms. The summed E-state index contributed by atoms with van der Waals surface area (Å²) in [5.41, 5.74) is 2.98. The molecule has 2 aliphatic rings. The lowest BCUT2D eigenvalue weighted by atomic mass is 9.99. The van der Waals surface area contributed by atoms with E-state index < -0.39 is 0 Å². The van der Waals surface area contributed by atoms with Crippen LogP contribution < -0.4 is 4.90 Å². The number of thioether (sulfide) groups is 1. The molecular weight excluding hydrogens is 368 g/mol. The van der Waals surface area contributed by atoms with Crippen molar-refractivity contribution in [1.82, 2.24) is 4.90 Å². The Hall–Kier alpha value is -2.27. The molecule has 0 spiro atoms. The van der Waals surface area contributed by atoms with Gasteiger partial charge in [0.1, 0.15) is 0 Å². The smallest absolute Gasteiger partial charge is 0.254 e. The van der Waals surface area contributed by atoms with Gasteiger partial charge in [0.05, 0.1) is 11.3 Å². The summed E-state index contributed by atoms with van der Waals surface area (Å²) in [7, 11) is 0. The minimum absolute atomic E-state index is 0.0913. The van der Waals surface area contributed by atoms with Gasteiger partial charge in [0, 0.05) is 30.2 Å². The van der Waals surface area contributed by atoms with Gasteiger partial charge >= 0.3 is 0 Å². The molecule has 2 heterocycles. The van der Waals surface area contributed by atoms with Crippen molar-refractivity contribution < 1.29 is 9.59 Å². The summed E-state index contributed by atoms with van der Waals surface area (Å²) in [6, 6.07) is 15.8. The average Bonchev–Trinajstić information content (AvgIpc) is 3.16. The van der Waals surface area contributed by atoms with E-state index in [4.69, 9.17) is 0 Å². The highest BCUT2D eigenvalue weighted by Crippen LogP contribution is 2.30. The molecule has 2 aromatic carbocycles. The normalized spacial score (nSPS) is 18.8. The van der Waals surface area contributed by atoms with Crippen molar-refractivity contribution in [3.8, 4) is 0 Å². The van der Waals surface area contributed by atoms with Crippen molar-refractivity contribution in [3.05, 3.63) is 59.7 Å². The van der Waals surface area contributed by atoms with Gasteiger partial charge in [-0.05, 0) is 48.9 Å². The number of carbonyl (C=O) groups excluding carboxylic acids is 2. The van der Waals surface area contributed by atoms with Gasteiger partial charge in [-0.15, -0.1) is 11.8 Å². The van der Waals surface area contributed by atoms with E-state index in [0.717, 1.165) is 48.6 Å². The lowest BCUT2D eigenvalue weighted by Gasteiger charge is -2.31. The molecule has 1 atom stereocenters. The second kappa shape index (κ2) is 8.39. The Morgan fingerprint density at radius 3 is 2.71 bits per heavy atom. The molecule has 2 aromatic rings. The summed E-state index contributed by atoms with van der Waals surface area (Å²) in [4.78, 5) is 30.6. The molecule has 0 radical (unpaired) electrons. The van der Waals surface area contributed by atoms with Crippen molar-refractivity contribution in [1.29, 1.82) is 0 Å². The molecule has 2 aliphatic heterocycles. The van der Waals surface area contributed by atoms with E-state index in [1.165, 1.54) is 23.7 Å². The topological polar surface area (TPSA) is 40.6 Å². The van der Waals surface area contributed by atoms with E-state index in [0.29, 0.717) is 11.7 Å². The van der Waals surface area contributed by atoms with Gasteiger partial charge < -0.3 is 9.80 Å². The number of amides is 2. The zero-order chi connectivity index (χ0) is 19.5. The zero-order valence-corrected chi connectivity index (χ0v) is 17.1. The molecule has 1 unspecified atom stereocenters. The van der Waals surface area contributed by atoms with Crippen LogP contribution in [0.5, 0.6) is 0 Å². The van der Waals surface area contributed by atoms with Crippen LogP contribution in [0.25, 0.3) is 0 Å². The van der Waals surface area contributed by atoms with Gasteiger partial charge in [0.2, 0.25) is 5.91 Å². The number of para-hydroxylation sites is 1. The lowest BCUT2D eigenvalue weighted by Crippen LogP contribution is -2.39. The first-order valence-corrected chi connectivity index (χ1v) is 11.0. The van der Waals surface area contributed by atoms with Gasteiger partial charge in [-0.25, -0.2) is 0 Å². The Balaban J connectivity index is 1.44. The Kier molecular flexibility index (Phi) is 5.72. The highest BCUT2D eigenvalue weighted by molar-refractivity contribution is 8.00. The number of likely N-dealkylation sites (tertiary alicyclic amines) is 1. The first-order chi connectivity index (χ1) is 13.6. The standard InChI is InChI=1S/C23H26N2O2S/c1-17-7-6-13-24(15-17)23(27)19-9-3-5-11-21(19)28-16-22(26)25-14-12-18-8-2-4-10-20(18)25/h2-5,8-11,17H,6-7,12-16H2,1H3. The number of anilines is 1. The zero-order valence-electron chi connectivity index (χ0n) is 16.3. The van der Waals surface area contributed by atoms with Gasteiger partial charge in [-0.2, -0.15) is 0 Å². The Bertz CT molecular complexity index is 882. The predicted molar refractivity (Wildman–Crippen MR) is 114 cm³/mol. The number of hydrogen-bond acceptors (Lipinski definition) is 3. The molecule has 5 heteroatoms. The van der Waals surface area contributed by atoms with Crippen molar-refractivity contribution in [2.45, 2.75) is 31.1 Å². The molecular formula is C23H26N2O2S. The fraction of sp³-hybridized carbons (Fsp3) is 0.391. The van der Waals surface area contributed by atoms with Crippen LogP contribution in [0.3, 0.4) is 0 Å². The van der Waals surface area contributed by atoms with Crippen LogP contribution in [-0.2, 0) is 11.2 Å². The van der Waals surface area contributed by atoms with Gasteiger partial charge in [0.15, 0.2) is 0 Å². The maximum absolute atomic E-state index is 13.0. The van der Waals surface area contributed by atoms with Crippen LogP contribution in [0.2, 0.25) is 0 Å². The van der Waals surface area contributed by atoms with Crippen molar-refractivity contribution in [3.63, 3.8) is 0 Å². The average molecular weight is 395 g/mol. The lowest BCUT2D eigenvalue weighted by molar-refractivity contribution is -0.116. The first kappa shape index (κ1) is 19.1. The molecule has 0 aliphatic carbocycles. The fourth-order valence-electron chi connectivity index (χ4n) is 4.13. The third-order valence-corrected chi connectivity index (χ3v) is 6.66. The molecule has 1 saturated heterocycles. The second-order valence-electron chi connectivity index (χ2n) is 7.71. The molecule has 1 fully saturated rings. The summed E-state index contributed by atoms with van der Waals surface area (Å²) >= 11 is 1.47. The first-order valence-electron chi connectivity index (χ1n) is 10.0. The van der Waals surface area contributed by atoms with Crippen molar-refractivity contribution in [2.24, 2.45) is 5.92 Å². The van der Waals surface area contributed by atoms with Crippen molar-refractivity contribution in [2.75, 3.05) is 30.3 Å². The number of benzene rings is 2. The van der Waals surface area contributed by atoms with Gasteiger partial charge in [0.25, 0.3) is 5.91 Å². The van der Waals surface area contributed by atoms with E-state index in [1.54, 1.807) is 0 Å². The fourth-order valence-corrected chi connectivity index (χ4v) is 5.05. The molecule has 0 bridgehead atoms. The third kappa shape index (κ3) is 3.95. The van der Waals surface area contributed by atoms with Crippen LogP contribution in [0.4, 0.5) is 5.69 Å². The molecule has 0 aromatic heterocycles. The van der Waals surface area contributed by atoms with E-state index in [1.807, 2.05) is 52.3 Å². The van der Waals surface area contributed by atoms with Crippen molar-refractivity contribution >= 4 is 29.3 Å². The molecule has 2 amide bonds.